The summed E-state index contributed by atoms with van der Waals surface area (Å²) in [6, 6.07) is 5.46. The van der Waals surface area contributed by atoms with Crippen molar-refractivity contribution in [1.29, 1.82) is 0 Å². The van der Waals surface area contributed by atoms with Crippen molar-refractivity contribution >= 4 is 22.8 Å². The quantitative estimate of drug-likeness (QED) is 0.698. The van der Waals surface area contributed by atoms with Gasteiger partial charge in [-0.2, -0.15) is 0 Å². The third-order valence-electron chi connectivity index (χ3n) is 5.54. The van der Waals surface area contributed by atoms with Gasteiger partial charge in [0.2, 0.25) is 5.91 Å². The molecule has 2 amide bonds. The van der Waals surface area contributed by atoms with E-state index in [1.165, 1.54) is 0 Å². The molecule has 4 rings (SSSR count). The molecule has 0 bridgehead atoms. The van der Waals surface area contributed by atoms with Crippen LogP contribution < -0.4 is 5.32 Å². The first kappa shape index (κ1) is 19.1. The van der Waals surface area contributed by atoms with E-state index < -0.39 is 5.41 Å². The van der Waals surface area contributed by atoms with E-state index in [0.29, 0.717) is 30.0 Å². The lowest BCUT2D eigenvalue weighted by Gasteiger charge is -2.39. The third-order valence-corrected chi connectivity index (χ3v) is 5.54. The van der Waals surface area contributed by atoms with E-state index >= 15 is 0 Å². The Kier molecular flexibility index (Phi) is 4.81. The Morgan fingerprint density at radius 1 is 1.31 bits per heavy atom. The average Bonchev–Trinajstić information content (AvgIpc) is 3.28. The number of fused-ring (bicyclic) bond motifs is 1. The van der Waals surface area contributed by atoms with Gasteiger partial charge in [0.1, 0.15) is 17.2 Å². The predicted molar refractivity (Wildman–Crippen MR) is 105 cm³/mol. The number of aryl methyl sites for hydroxylation is 2. The zero-order chi connectivity index (χ0) is 20.6. The summed E-state index contributed by atoms with van der Waals surface area (Å²) in [6.45, 7) is 6.82. The van der Waals surface area contributed by atoms with Crippen LogP contribution in [0, 0.1) is 19.3 Å². The first-order valence-corrected chi connectivity index (χ1v) is 9.68. The van der Waals surface area contributed by atoms with Crippen LogP contribution in [0.5, 0.6) is 0 Å². The van der Waals surface area contributed by atoms with Crippen LogP contribution in [0.25, 0.3) is 11.0 Å². The molecule has 29 heavy (non-hydrogen) atoms. The zero-order valence-corrected chi connectivity index (χ0v) is 16.8. The third kappa shape index (κ3) is 3.72. The minimum atomic E-state index is -0.659. The summed E-state index contributed by atoms with van der Waals surface area (Å²) in [5.74, 6) is 0.635. The number of aromatic amines is 1. The van der Waals surface area contributed by atoms with Crippen molar-refractivity contribution < 1.29 is 14.2 Å². The van der Waals surface area contributed by atoms with Crippen molar-refractivity contribution in [2.75, 3.05) is 13.1 Å². The Morgan fingerprint density at radius 2 is 2.14 bits per heavy atom. The molecule has 2 N–H and O–H groups in total. The number of hydrogen-bond donors (Lipinski definition) is 2. The van der Waals surface area contributed by atoms with Crippen LogP contribution in [-0.2, 0) is 11.3 Å². The summed E-state index contributed by atoms with van der Waals surface area (Å²) in [4.78, 5) is 35.2. The highest BCUT2D eigenvalue weighted by molar-refractivity contribution is 5.98. The molecule has 3 aromatic rings. The van der Waals surface area contributed by atoms with Gasteiger partial charge in [-0.05, 0) is 51.8 Å². The highest BCUT2D eigenvalue weighted by Gasteiger charge is 2.39. The van der Waals surface area contributed by atoms with Crippen LogP contribution in [0.2, 0.25) is 0 Å². The number of amides is 2. The molecular weight excluding hydrogens is 372 g/mol. The van der Waals surface area contributed by atoms with E-state index in [-0.39, 0.29) is 18.4 Å². The Morgan fingerprint density at radius 3 is 2.90 bits per heavy atom. The number of likely N-dealkylation sites (tertiary alicyclic amines) is 1. The van der Waals surface area contributed by atoms with Crippen LogP contribution in [0.15, 0.2) is 22.8 Å². The highest BCUT2D eigenvalue weighted by Crippen LogP contribution is 2.31. The maximum absolute atomic E-state index is 13.1. The molecule has 1 aliphatic rings. The van der Waals surface area contributed by atoms with E-state index in [9.17, 15) is 9.59 Å². The molecular formula is C20H24N6O3. The number of H-pyrrole nitrogens is 1. The fourth-order valence-corrected chi connectivity index (χ4v) is 3.84. The van der Waals surface area contributed by atoms with Gasteiger partial charge in [0.25, 0.3) is 5.91 Å². The fourth-order valence-electron chi connectivity index (χ4n) is 3.84. The Balaban J connectivity index is 1.46. The molecule has 0 aliphatic carbocycles. The summed E-state index contributed by atoms with van der Waals surface area (Å²) in [5, 5.41) is 10.4. The number of imidazole rings is 1. The molecule has 1 unspecified atom stereocenters. The standard InChI is InChI=1S/C20H24N6O3/c1-12-17(25-29-24-12)10-21-19(28)20(3)7-4-8-26(11-20)18(27)14-5-6-15-16(9-14)23-13(2)22-15/h5-6,9H,4,7-8,10-11H2,1-3H3,(H,21,28)(H,22,23). The second kappa shape index (κ2) is 7.31. The van der Waals surface area contributed by atoms with E-state index in [1.54, 1.807) is 17.9 Å². The van der Waals surface area contributed by atoms with Gasteiger partial charge >= 0.3 is 0 Å². The topological polar surface area (TPSA) is 117 Å². The van der Waals surface area contributed by atoms with Crippen LogP contribution in [0.1, 0.15) is 47.3 Å². The summed E-state index contributed by atoms with van der Waals surface area (Å²) < 4.78 is 4.67. The molecule has 9 nitrogen and oxygen atoms in total. The SMILES string of the molecule is Cc1nc2ccc(C(=O)N3CCCC(C)(C(=O)NCc4nonc4C)C3)cc2[nH]1. The van der Waals surface area contributed by atoms with Crippen LogP contribution >= 0.6 is 0 Å². The van der Waals surface area contributed by atoms with E-state index in [0.717, 1.165) is 29.7 Å². The van der Waals surface area contributed by atoms with Crippen LogP contribution in [-0.4, -0.2) is 50.1 Å². The van der Waals surface area contributed by atoms with Crippen molar-refractivity contribution in [3.63, 3.8) is 0 Å². The van der Waals surface area contributed by atoms with Crippen LogP contribution in [0.3, 0.4) is 0 Å². The molecule has 1 atom stereocenters. The monoisotopic (exact) mass is 396 g/mol. The molecule has 0 radical (unpaired) electrons. The molecule has 3 heterocycles. The number of carbonyl (C=O) groups excluding carboxylic acids is 2. The zero-order valence-electron chi connectivity index (χ0n) is 16.8. The molecule has 152 valence electrons. The molecule has 0 saturated carbocycles. The molecule has 2 aromatic heterocycles. The Hall–Kier alpha value is -3.23. The summed E-state index contributed by atoms with van der Waals surface area (Å²) in [6.07, 6.45) is 1.49. The second-order valence-corrected chi connectivity index (χ2v) is 7.92. The van der Waals surface area contributed by atoms with Crippen molar-refractivity contribution in [3.8, 4) is 0 Å². The van der Waals surface area contributed by atoms with Gasteiger partial charge in [-0.25, -0.2) is 9.61 Å². The molecule has 1 saturated heterocycles. The van der Waals surface area contributed by atoms with Crippen molar-refractivity contribution in [3.05, 3.63) is 41.0 Å². The van der Waals surface area contributed by atoms with E-state index in [4.69, 9.17) is 0 Å². The Bertz CT molecular complexity index is 1070. The van der Waals surface area contributed by atoms with Gasteiger partial charge in [0.05, 0.1) is 23.0 Å². The van der Waals surface area contributed by atoms with Gasteiger partial charge in [-0.1, -0.05) is 10.3 Å². The molecule has 1 aromatic carbocycles. The van der Waals surface area contributed by atoms with Gasteiger partial charge < -0.3 is 15.2 Å². The second-order valence-electron chi connectivity index (χ2n) is 7.92. The van der Waals surface area contributed by atoms with Crippen molar-refractivity contribution in [2.24, 2.45) is 5.41 Å². The lowest BCUT2D eigenvalue weighted by Crippen LogP contribution is -2.51. The summed E-state index contributed by atoms with van der Waals surface area (Å²) in [7, 11) is 0. The lowest BCUT2D eigenvalue weighted by atomic mass is 9.80. The number of nitrogens with zero attached hydrogens (tertiary/aromatic N) is 4. The maximum Gasteiger partial charge on any atom is 0.253 e. The highest BCUT2D eigenvalue weighted by atomic mass is 16.6. The van der Waals surface area contributed by atoms with Gasteiger partial charge in [0.15, 0.2) is 0 Å². The molecule has 1 fully saturated rings. The molecule has 9 heteroatoms. The number of hydrogen-bond acceptors (Lipinski definition) is 6. The minimum Gasteiger partial charge on any atom is -0.350 e. The fraction of sp³-hybridized carbons (Fsp3) is 0.450. The predicted octanol–water partition coefficient (Wildman–Crippen LogP) is 2.12. The van der Waals surface area contributed by atoms with Crippen molar-refractivity contribution in [1.82, 2.24) is 30.5 Å². The van der Waals surface area contributed by atoms with Crippen molar-refractivity contribution in [2.45, 2.75) is 40.2 Å². The number of rotatable bonds is 4. The smallest absolute Gasteiger partial charge is 0.253 e. The lowest BCUT2D eigenvalue weighted by molar-refractivity contribution is -0.132. The van der Waals surface area contributed by atoms with Gasteiger partial charge in [0, 0.05) is 18.7 Å². The summed E-state index contributed by atoms with van der Waals surface area (Å²) in [5.41, 5.74) is 2.86. The number of aromatic nitrogens is 4. The number of carbonyl (C=O) groups is 2. The average molecular weight is 396 g/mol. The van der Waals surface area contributed by atoms with Gasteiger partial charge in [-0.15, -0.1) is 0 Å². The number of benzene rings is 1. The first-order valence-electron chi connectivity index (χ1n) is 9.68. The molecule has 0 spiro atoms. The summed E-state index contributed by atoms with van der Waals surface area (Å²) >= 11 is 0. The van der Waals surface area contributed by atoms with E-state index in [2.05, 4.69) is 30.2 Å². The Labute approximate surface area is 167 Å². The van der Waals surface area contributed by atoms with Gasteiger partial charge in [-0.3, -0.25) is 9.59 Å². The largest absolute Gasteiger partial charge is 0.350 e. The number of piperidine rings is 1. The van der Waals surface area contributed by atoms with E-state index in [1.807, 2.05) is 26.0 Å². The van der Waals surface area contributed by atoms with Crippen LogP contribution in [0.4, 0.5) is 0 Å². The minimum absolute atomic E-state index is 0.0746. The first-order chi connectivity index (χ1) is 13.9. The number of nitrogens with one attached hydrogen (secondary N) is 2. The molecule has 1 aliphatic heterocycles. The maximum atomic E-state index is 13.1. The normalized spacial score (nSPS) is 19.5.